The van der Waals surface area contributed by atoms with Crippen LogP contribution in [0.5, 0.6) is 0 Å². The van der Waals surface area contributed by atoms with E-state index in [1.165, 1.54) is 6.07 Å². The second-order valence-corrected chi connectivity index (χ2v) is 6.99. The lowest BCUT2D eigenvalue weighted by Crippen LogP contribution is -2.59. The molecular weight excluding hydrogens is 333 g/mol. The van der Waals surface area contributed by atoms with E-state index in [4.69, 9.17) is 17.3 Å². The molecule has 3 N–H and O–H groups in total. The maximum absolute atomic E-state index is 12.6. The van der Waals surface area contributed by atoms with Gasteiger partial charge < -0.3 is 11.1 Å². The summed E-state index contributed by atoms with van der Waals surface area (Å²) in [5.74, 6) is -1.55. The van der Waals surface area contributed by atoms with E-state index in [9.17, 15) is 26.4 Å². The lowest BCUT2D eigenvalue weighted by molar-refractivity contribution is -0.184. The number of hydrogen-bond donors (Lipinski definition) is 2. The van der Waals surface area contributed by atoms with E-state index in [2.05, 4.69) is 0 Å². The molecule has 0 saturated carbocycles. The van der Waals surface area contributed by atoms with E-state index in [-0.39, 0.29) is 15.6 Å². The number of alkyl halides is 3. The van der Waals surface area contributed by atoms with Gasteiger partial charge in [-0.05, 0) is 25.1 Å². The maximum atomic E-state index is 12.6. The maximum Gasteiger partial charge on any atom is 0.415 e. The van der Waals surface area contributed by atoms with Gasteiger partial charge in [0, 0.05) is 6.26 Å². The van der Waals surface area contributed by atoms with E-state index in [1.807, 2.05) is 5.32 Å². The largest absolute Gasteiger partial charge is 0.415 e. The van der Waals surface area contributed by atoms with Gasteiger partial charge in [-0.3, -0.25) is 4.79 Å². The summed E-state index contributed by atoms with van der Waals surface area (Å²) in [6.45, 7) is 0.497. The lowest BCUT2D eigenvalue weighted by atomic mass is 10.0. The number of hydrogen-bond acceptors (Lipinski definition) is 4. The van der Waals surface area contributed by atoms with Crippen LogP contribution in [-0.2, 0) is 14.6 Å². The Balaban J connectivity index is 3.18. The molecule has 10 heteroatoms. The first-order valence-corrected chi connectivity index (χ1v) is 7.70. The van der Waals surface area contributed by atoms with E-state index in [0.29, 0.717) is 6.92 Å². The molecule has 0 saturated heterocycles. The van der Waals surface area contributed by atoms with Crippen LogP contribution >= 0.6 is 11.6 Å². The van der Waals surface area contributed by atoms with Gasteiger partial charge in [-0.25, -0.2) is 8.42 Å². The first-order valence-electron chi connectivity index (χ1n) is 5.43. The molecule has 1 atom stereocenters. The van der Waals surface area contributed by atoms with Crippen LogP contribution in [0.15, 0.2) is 23.1 Å². The number of nitrogens with one attached hydrogen (secondary N) is 1. The summed E-state index contributed by atoms with van der Waals surface area (Å²) in [6, 6.07) is 3.27. The number of anilines is 1. The fourth-order valence-electron chi connectivity index (χ4n) is 1.21. The van der Waals surface area contributed by atoms with Crippen LogP contribution in [0.4, 0.5) is 18.9 Å². The summed E-state index contributed by atoms with van der Waals surface area (Å²) in [5.41, 5.74) is 1.55. The highest BCUT2D eigenvalue weighted by atomic mass is 35.5. The second-order valence-electron chi connectivity index (χ2n) is 4.57. The third kappa shape index (κ3) is 3.86. The highest BCUT2D eigenvalue weighted by Gasteiger charge is 2.54. The Kier molecular flexibility index (Phi) is 4.62. The van der Waals surface area contributed by atoms with E-state index >= 15 is 0 Å². The minimum absolute atomic E-state index is 0.117. The van der Waals surface area contributed by atoms with Gasteiger partial charge in [-0.2, -0.15) is 13.2 Å². The van der Waals surface area contributed by atoms with Crippen molar-refractivity contribution >= 4 is 33.0 Å². The predicted molar refractivity (Wildman–Crippen MR) is 71.8 cm³/mol. The van der Waals surface area contributed by atoms with Gasteiger partial charge in [0.1, 0.15) is 0 Å². The number of carbonyl (C=O) groups is 1. The van der Waals surface area contributed by atoms with Crippen molar-refractivity contribution < 1.29 is 26.4 Å². The smallest absolute Gasteiger partial charge is 0.323 e. The van der Waals surface area contributed by atoms with E-state index in [0.717, 1.165) is 18.4 Å². The summed E-state index contributed by atoms with van der Waals surface area (Å²) in [6.07, 6.45) is -4.07. The normalized spacial score (nSPS) is 15.4. The zero-order valence-electron chi connectivity index (χ0n) is 11.0. The SMILES string of the molecule is CC(N)(C(=O)Nc1cc(S(C)(=O)=O)ccc1Cl)C(F)(F)F. The van der Waals surface area contributed by atoms with Gasteiger partial charge in [-0.1, -0.05) is 11.6 Å². The van der Waals surface area contributed by atoms with Crippen molar-refractivity contribution in [3.05, 3.63) is 23.2 Å². The van der Waals surface area contributed by atoms with Crippen molar-refractivity contribution in [3.63, 3.8) is 0 Å². The number of sulfone groups is 1. The molecular formula is C11H12ClF3N2O3S. The summed E-state index contributed by atoms with van der Waals surface area (Å²) in [4.78, 5) is 11.4. The molecule has 1 aromatic rings. The molecule has 5 nitrogen and oxygen atoms in total. The van der Waals surface area contributed by atoms with Crippen LogP contribution in [0.1, 0.15) is 6.92 Å². The second kappa shape index (κ2) is 5.47. The molecule has 0 radical (unpaired) electrons. The number of amides is 1. The molecule has 1 amide bonds. The molecule has 0 bridgehead atoms. The van der Waals surface area contributed by atoms with Gasteiger partial charge in [0.05, 0.1) is 15.6 Å². The van der Waals surface area contributed by atoms with E-state index < -0.39 is 27.5 Å². The lowest BCUT2D eigenvalue weighted by Gasteiger charge is -2.26. The van der Waals surface area contributed by atoms with Crippen LogP contribution < -0.4 is 11.1 Å². The molecule has 1 unspecified atom stereocenters. The third-order valence-electron chi connectivity index (χ3n) is 2.67. The number of nitrogens with two attached hydrogens (primary N) is 1. The molecule has 1 aromatic carbocycles. The quantitative estimate of drug-likeness (QED) is 0.877. The van der Waals surface area contributed by atoms with Gasteiger partial charge in [0.2, 0.25) is 0 Å². The number of rotatable bonds is 3. The molecule has 0 aliphatic carbocycles. The third-order valence-corrected chi connectivity index (χ3v) is 4.11. The van der Waals surface area contributed by atoms with Crippen molar-refractivity contribution in [2.45, 2.75) is 23.5 Å². The summed E-state index contributed by atoms with van der Waals surface area (Å²) >= 11 is 5.72. The zero-order chi connectivity index (χ0) is 16.6. The van der Waals surface area contributed by atoms with Gasteiger partial charge in [0.25, 0.3) is 5.91 Å². The molecule has 0 aliphatic rings. The molecule has 0 heterocycles. The topological polar surface area (TPSA) is 89.3 Å². The number of carbonyl (C=O) groups excluding carboxylic acids is 1. The Hall–Kier alpha value is -1.32. The molecule has 0 fully saturated rings. The Bertz CT molecular complexity index is 672. The first-order chi connectivity index (χ1) is 9.26. The minimum Gasteiger partial charge on any atom is -0.323 e. The molecule has 0 spiro atoms. The molecule has 21 heavy (non-hydrogen) atoms. The molecule has 1 rings (SSSR count). The standard InChI is InChI=1S/C11H12ClF3N2O3S/c1-10(16,11(13,14)15)9(18)17-8-5-6(21(2,19)20)3-4-7(8)12/h3-5H,16H2,1-2H3,(H,17,18). The fourth-order valence-corrected chi connectivity index (χ4v) is 2.02. The minimum atomic E-state index is -4.97. The average molecular weight is 345 g/mol. The zero-order valence-corrected chi connectivity index (χ0v) is 12.5. The molecule has 118 valence electrons. The summed E-state index contributed by atoms with van der Waals surface area (Å²) in [7, 11) is -3.61. The van der Waals surface area contributed by atoms with Crippen LogP contribution in [0, 0.1) is 0 Å². The van der Waals surface area contributed by atoms with Crippen LogP contribution in [0.2, 0.25) is 5.02 Å². The van der Waals surface area contributed by atoms with Gasteiger partial charge in [0.15, 0.2) is 15.4 Å². The monoisotopic (exact) mass is 344 g/mol. The fraction of sp³-hybridized carbons (Fsp3) is 0.364. The summed E-state index contributed by atoms with van der Waals surface area (Å²) in [5, 5.41) is 1.77. The highest BCUT2D eigenvalue weighted by molar-refractivity contribution is 7.90. The number of benzene rings is 1. The first kappa shape index (κ1) is 17.7. The average Bonchev–Trinajstić information content (AvgIpc) is 2.28. The highest BCUT2D eigenvalue weighted by Crippen LogP contribution is 2.31. The number of halogens is 4. The summed E-state index contributed by atoms with van der Waals surface area (Å²) < 4.78 is 60.7. The van der Waals surface area contributed by atoms with Crippen molar-refractivity contribution in [3.8, 4) is 0 Å². The van der Waals surface area contributed by atoms with Crippen LogP contribution in [-0.4, -0.2) is 32.3 Å². The van der Waals surface area contributed by atoms with Gasteiger partial charge >= 0.3 is 6.18 Å². The Morgan fingerprint density at radius 1 is 1.33 bits per heavy atom. The van der Waals surface area contributed by atoms with Crippen molar-refractivity contribution in [1.29, 1.82) is 0 Å². The Labute approximate surface area is 124 Å². The van der Waals surface area contributed by atoms with Crippen molar-refractivity contribution in [2.75, 3.05) is 11.6 Å². The van der Waals surface area contributed by atoms with Crippen molar-refractivity contribution in [1.82, 2.24) is 0 Å². The van der Waals surface area contributed by atoms with Crippen LogP contribution in [0.3, 0.4) is 0 Å². The molecule has 0 aromatic heterocycles. The van der Waals surface area contributed by atoms with Gasteiger partial charge in [-0.15, -0.1) is 0 Å². The van der Waals surface area contributed by atoms with E-state index in [1.54, 1.807) is 0 Å². The molecule has 0 aliphatic heterocycles. The van der Waals surface area contributed by atoms with Crippen molar-refractivity contribution in [2.24, 2.45) is 5.73 Å². The predicted octanol–water partition coefficient (Wildman–Crippen LogP) is 1.96. The Morgan fingerprint density at radius 2 is 1.86 bits per heavy atom. The van der Waals surface area contributed by atoms with Crippen LogP contribution in [0.25, 0.3) is 0 Å². The Morgan fingerprint density at radius 3 is 2.29 bits per heavy atom.